The second-order valence-corrected chi connectivity index (χ2v) is 7.05. The number of carbonyl (C=O) groups excluding carboxylic acids is 2. The number of thioether (sulfide) groups is 1. The van der Waals surface area contributed by atoms with Crippen LogP contribution in [-0.4, -0.2) is 17.1 Å². The van der Waals surface area contributed by atoms with Gasteiger partial charge in [0, 0.05) is 26.7 Å². The molecule has 0 bridgehead atoms. The molecular formula is C17H16ClFN2O2S. The van der Waals surface area contributed by atoms with E-state index in [1.807, 2.05) is 12.1 Å². The van der Waals surface area contributed by atoms with Crippen molar-refractivity contribution < 1.29 is 14.0 Å². The molecule has 24 heavy (non-hydrogen) atoms. The number of nitrogens with one attached hydrogen (secondary N) is 1. The van der Waals surface area contributed by atoms with E-state index in [1.54, 1.807) is 19.1 Å². The predicted molar refractivity (Wildman–Crippen MR) is 95.1 cm³/mol. The summed E-state index contributed by atoms with van der Waals surface area (Å²) in [6, 6.07) is 9.54. The SMILES string of the molecule is Cc1c(F)cc(C(N)=O)cc1NC(=O)C(C)Sc1ccc(Cl)cc1. The molecule has 4 nitrogen and oxygen atoms in total. The van der Waals surface area contributed by atoms with E-state index in [-0.39, 0.29) is 22.7 Å². The summed E-state index contributed by atoms with van der Waals surface area (Å²) < 4.78 is 13.9. The van der Waals surface area contributed by atoms with Crippen molar-refractivity contribution in [2.24, 2.45) is 5.73 Å². The third-order valence-electron chi connectivity index (χ3n) is 3.38. The minimum Gasteiger partial charge on any atom is -0.366 e. The van der Waals surface area contributed by atoms with Gasteiger partial charge in [-0.15, -0.1) is 11.8 Å². The molecule has 0 aromatic heterocycles. The summed E-state index contributed by atoms with van der Waals surface area (Å²) in [5.41, 5.74) is 5.66. The second-order valence-electron chi connectivity index (χ2n) is 5.20. The van der Waals surface area contributed by atoms with Crippen LogP contribution < -0.4 is 11.1 Å². The van der Waals surface area contributed by atoms with Gasteiger partial charge in [0.05, 0.1) is 5.25 Å². The highest BCUT2D eigenvalue weighted by Crippen LogP contribution is 2.27. The number of anilines is 1. The molecule has 1 unspecified atom stereocenters. The molecule has 0 aliphatic carbocycles. The van der Waals surface area contributed by atoms with Crippen LogP contribution in [0.25, 0.3) is 0 Å². The maximum absolute atomic E-state index is 13.9. The van der Waals surface area contributed by atoms with E-state index in [4.69, 9.17) is 17.3 Å². The number of rotatable bonds is 5. The van der Waals surface area contributed by atoms with Crippen molar-refractivity contribution in [3.8, 4) is 0 Å². The van der Waals surface area contributed by atoms with Crippen molar-refractivity contribution in [1.82, 2.24) is 0 Å². The molecule has 0 saturated carbocycles. The molecule has 1 atom stereocenters. The van der Waals surface area contributed by atoms with Crippen molar-refractivity contribution >= 4 is 40.9 Å². The highest BCUT2D eigenvalue weighted by atomic mass is 35.5. The van der Waals surface area contributed by atoms with Crippen molar-refractivity contribution in [2.45, 2.75) is 24.0 Å². The van der Waals surface area contributed by atoms with Crippen molar-refractivity contribution in [2.75, 3.05) is 5.32 Å². The number of halogens is 2. The van der Waals surface area contributed by atoms with Crippen LogP contribution in [0.2, 0.25) is 5.02 Å². The van der Waals surface area contributed by atoms with Gasteiger partial charge in [0.25, 0.3) is 0 Å². The Hall–Kier alpha value is -2.05. The summed E-state index contributed by atoms with van der Waals surface area (Å²) >= 11 is 7.17. The van der Waals surface area contributed by atoms with Crippen molar-refractivity contribution in [3.63, 3.8) is 0 Å². The summed E-state index contributed by atoms with van der Waals surface area (Å²) in [4.78, 5) is 24.4. The normalized spacial score (nSPS) is 11.8. The van der Waals surface area contributed by atoms with Gasteiger partial charge in [-0.1, -0.05) is 11.6 Å². The first-order chi connectivity index (χ1) is 11.3. The number of primary amides is 1. The van der Waals surface area contributed by atoms with E-state index in [0.717, 1.165) is 11.0 Å². The Morgan fingerprint density at radius 1 is 1.25 bits per heavy atom. The molecular weight excluding hydrogens is 351 g/mol. The molecule has 0 aliphatic rings. The Labute approximate surface area is 148 Å². The lowest BCUT2D eigenvalue weighted by atomic mass is 10.1. The van der Waals surface area contributed by atoms with Gasteiger partial charge in [0.15, 0.2) is 0 Å². The quantitative estimate of drug-likeness (QED) is 0.785. The molecule has 3 N–H and O–H groups in total. The highest BCUT2D eigenvalue weighted by Gasteiger charge is 2.18. The molecule has 0 radical (unpaired) electrons. The van der Waals surface area contributed by atoms with Crippen LogP contribution in [0.15, 0.2) is 41.3 Å². The molecule has 0 spiro atoms. The van der Waals surface area contributed by atoms with Gasteiger partial charge in [-0.3, -0.25) is 9.59 Å². The lowest BCUT2D eigenvalue weighted by Crippen LogP contribution is -2.23. The van der Waals surface area contributed by atoms with Crippen LogP contribution in [0.1, 0.15) is 22.8 Å². The van der Waals surface area contributed by atoms with Crippen molar-refractivity contribution in [1.29, 1.82) is 0 Å². The first-order valence-electron chi connectivity index (χ1n) is 7.11. The van der Waals surface area contributed by atoms with Crippen LogP contribution in [0.3, 0.4) is 0 Å². The Kier molecular flexibility index (Phi) is 5.85. The number of amides is 2. The van der Waals surface area contributed by atoms with E-state index in [9.17, 15) is 14.0 Å². The Bertz CT molecular complexity index is 781. The number of hydrogen-bond acceptors (Lipinski definition) is 3. The maximum Gasteiger partial charge on any atom is 0.248 e. The fourth-order valence-electron chi connectivity index (χ4n) is 1.96. The number of hydrogen-bond donors (Lipinski definition) is 2. The first kappa shape index (κ1) is 18.3. The number of nitrogens with two attached hydrogens (primary N) is 1. The summed E-state index contributed by atoms with van der Waals surface area (Å²) in [7, 11) is 0. The summed E-state index contributed by atoms with van der Waals surface area (Å²) in [6.07, 6.45) is 0. The molecule has 2 rings (SSSR count). The largest absolute Gasteiger partial charge is 0.366 e. The topological polar surface area (TPSA) is 72.2 Å². The smallest absolute Gasteiger partial charge is 0.248 e. The van der Waals surface area contributed by atoms with Gasteiger partial charge in [-0.2, -0.15) is 0 Å². The molecule has 2 amide bonds. The summed E-state index contributed by atoms with van der Waals surface area (Å²) in [5.74, 6) is -1.66. The summed E-state index contributed by atoms with van der Waals surface area (Å²) in [6.45, 7) is 3.25. The molecule has 0 aliphatic heterocycles. The Morgan fingerprint density at radius 2 is 1.88 bits per heavy atom. The Morgan fingerprint density at radius 3 is 2.46 bits per heavy atom. The fourth-order valence-corrected chi connectivity index (χ4v) is 2.95. The molecule has 2 aromatic rings. The maximum atomic E-state index is 13.9. The zero-order valence-electron chi connectivity index (χ0n) is 13.1. The standard InChI is InChI=1S/C17H16ClFN2O2S/c1-9-14(19)7-11(16(20)22)8-15(9)21-17(23)10(2)24-13-5-3-12(18)4-6-13/h3-8,10H,1-2H3,(H2,20,22)(H,21,23). The lowest BCUT2D eigenvalue weighted by molar-refractivity contribution is -0.115. The first-order valence-corrected chi connectivity index (χ1v) is 8.36. The van der Waals surface area contributed by atoms with E-state index in [0.29, 0.717) is 5.02 Å². The monoisotopic (exact) mass is 366 g/mol. The molecule has 7 heteroatoms. The molecule has 126 valence electrons. The second kappa shape index (κ2) is 7.68. The van der Waals surface area contributed by atoms with Crippen LogP contribution in [0.5, 0.6) is 0 Å². The van der Waals surface area contributed by atoms with Crippen LogP contribution >= 0.6 is 23.4 Å². The van der Waals surface area contributed by atoms with Gasteiger partial charge < -0.3 is 11.1 Å². The summed E-state index contributed by atoms with van der Waals surface area (Å²) in [5, 5.41) is 2.84. The minimum atomic E-state index is -0.756. The average Bonchev–Trinajstić information content (AvgIpc) is 2.53. The minimum absolute atomic E-state index is 0.00593. The van der Waals surface area contributed by atoms with E-state index >= 15 is 0 Å². The van der Waals surface area contributed by atoms with E-state index < -0.39 is 17.0 Å². The van der Waals surface area contributed by atoms with Gasteiger partial charge in [0.1, 0.15) is 5.82 Å². The highest BCUT2D eigenvalue weighted by molar-refractivity contribution is 8.00. The average molecular weight is 367 g/mol. The molecule has 2 aromatic carbocycles. The molecule has 0 heterocycles. The van der Waals surface area contributed by atoms with E-state index in [2.05, 4.69) is 5.32 Å². The van der Waals surface area contributed by atoms with Crippen LogP contribution in [0, 0.1) is 12.7 Å². The fraction of sp³-hybridized carbons (Fsp3) is 0.176. The van der Waals surface area contributed by atoms with Gasteiger partial charge in [-0.05, 0) is 50.2 Å². The van der Waals surface area contributed by atoms with E-state index in [1.165, 1.54) is 24.8 Å². The van der Waals surface area contributed by atoms with Gasteiger partial charge in [0.2, 0.25) is 11.8 Å². The molecule has 0 fully saturated rings. The predicted octanol–water partition coefficient (Wildman–Crippen LogP) is 4.01. The zero-order valence-corrected chi connectivity index (χ0v) is 14.7. The number of carbonyl (C=O) groups is 2. The van der Waals surface area contributed by atoms with Crippen molar-refractivity contribution in [3.05, 3.63) is 58.4 Å². The van der Waals surface area contributed by atoms with Crippen LogP contribution in [0.4, 0.5) is 10.1 Å². The molecule has 0 saturated heterocycles. The third-order valence-corrected chi connectivity index (χ3v) is 4.75. The van der Waals surface area contributed by atoms with Crippen LogP contribution in [-0.2, 0) is 4.79 Å². The van der Waals surface area contributed by atoms with Gasteiger partial charge >= 0.3 is 0 Å². The number of benzene rings is 2. The zero-order chi connectivity index (χ0) is 17.9. The third kappa shape index (κ3) is 4.49. The lowest BCUT2D eigenvalue weighted by Gasteiger charge is -2.15. The van der Waals surface area contributed by atoms with Gasteiger partial charge in [-0.25, -0.2) is 4.39 Å². The Balaban J connectivity index is 2.13.